The molecule has 0 unspecified atom stereocenters. The van der Waals surface area contributed by atoms with Crippen LogP contribution in [0.25, 0.3) is 0 Å². The maximum Gasteiger partial charge on any atom is 0.251 e. The van der Waals surface area contributed by atoms with Crippen molar-refractivity contribution in [3.63, 3.8) is 0 Å². The summed E-state index contributed by atoms with van der Waals surface area (Å²) in [4.78, 5) is 24.8. The number of aryl methyl sites for hydroxylation is 1. The van der Waals surface area contributed by atoms with Crippen LogP contribution >= 0.6 is 0 Å². The quantitative estimate of drug-likeness (QED) is 0.677. The predicted octanol–water partition coefficient (Wildman–Crippen LogP) is 2.36. The van der Waals surface area contributed by atoms with Gasteiger partial charge in [-0.2, -0.15) is 4.31 Å². The number of nitrogens with one attached hydrogen (secondary N) is 2. The van der Waals surface area contributed by atoms with Gasteiger partial charge in [0.2, 0.25) is 15.9 Å². The largest absolute Gasteiger partial charge is 0.467 e. The molecule has 1 aromatic heterocycles. The third kappa shape index (κ3) is 5.54. The van der Waals surface area contributed by atoms with Gasteiger partial charge in [0.15, 0.2) is 0 Å². The van der Waals surface area contributed by atoms with Crippen molar-refractivity contribution in [2.45, 2.75) is 45.1 Å². The standard InChI is InChI=1S/C22H29N3O5S/c1-15-6-8-25(9-7-15)31(28,29)20-12-18(11-16(2)17(20)3)22(27)24-14-21(26)23-13-19-5-4-10-30-19/h4-5,10-12,15H,6-9,13-14H2,1-3H3,(H,23,26)(H,24,27). The number of sulfonamides is 1. The molecular formula is C22H29N3O5S. The van der Waals surface area contributed by atoms with Gasteiger partial charge in [0.05, 0.1) is 24.2 Å². The zero-order valence-corrected chi connectivity index (χ0v) is 18.9. The van der Waals surface area contributed by atoms with Crippen molar-refractivity contribution in [2.24, 2.45) is 5.92 Å². The molecule has 8 nitrogen and oxygen atoms in total. The van der Waals surface area contributed by atoms with Crippen LogP contribution in [0.4, 0.5) is 0 Å². The minimum atomic E-state index is -3.70. The Balaban J connectivity index is 1.69. The Morgan fingerprint density at radius 1 is 1.16 bits per heavy atom. The summed E-state index contributed by atoms with van der Waals surface area (Å²) in [5.74, 6) is 0.241. The van der Waals surface area contributed by atoms with E-state index in [1.807, 2.05) is 0 Å². The van der Waals surface area contributed by atoms with E-state index in [9.17, 15) is 18.0 Å². The van der Waals surface area contributed by atoms with Crippen molar-refractivity contribution in [2.75, 3.05) is 19.6 Å². The zero-order chi connectivity index (χ0) is 22.6. The molecule has 2 amide bonds. The number of carbonyl (C=O) groups is 2. The van der Waals surface area contributed by atoms with Crippen LogP contribution in [0.15, 0.2) is 39.8 Å². The van der Waals surface area contributed by atoms with Crippen LogP contribution in [0.2, 0.25) is 0 Å². The van der Waals surface area contributed by atoms with Crippen LogP contribution < -0.4 is 10.6 Å². The van der Waals surface area contributed by atoms with Crippen molar-refractivity contribution in [1.29, 1.82) is 0 Å². The highest BCUT2D eigenvalue weighted by Crippen LogP contribution is 2.28. The number of hydrogen-bond acceptors (Lipinski definition) is 5. The fraction of sp³-hybridized carbons (Fsp3) is 0.455. The van der Waals surface area contributed by atoms with Crippen LogP contribution in [0.5, 0.6) is 0 Å². The lowest BCUT2D eigenvalue weighted by Crippen LogP contribution is -2.38. The Kier molecular flexibility index (Phi) is 7.17. The molecular weight excluding hydrogens is 418 g/mol. The third-order valence-electron chi connectivity index (χ3n) is 5.69. The SMILES string of the molecule is Cc1cc(C(=O)NCC(=O)NCc2ccco2)cc(S(=O)(=O)N2CCC(C)CC2)c1C. The van der Waals surface area contributed by atoms with E-state index in [0.717, 1.165) is 12.8 Å². The topological polar surface area (TPSA) is 109 Å². The highest BCUT2D eigenvalue weighted by molar-refractivity contribution is 7.89. The van der Waals surface area contributed by atoms with Gasteiger partial charge in [-0.3, -0.25) is 9.59 Å². The van der Waals surface area contributed by atoms with E-state index in [4.69, 9.17) is 4.42 Å². The molecule has 0 saturated carbocycles. The van der Waals surface area contributed by atoms with Gasteiger partial charge in [0.25, 0.3) is 5.91 Å². The molecule has 31 heavy (non-hydrogen) atoms. The monoisotopic (exact) mass is 447 g/mol. The van der Waals surface area contributed by atoms with Gasteiger partial charge < -0.3 is 15.1 Å². The number of furan rings is 1. The number of carbonyl (C=O) groups excluding carboxylic acids is 2. The Morgan fingerprint density at radius 3 is 2.52 bits per heavy atom. The molecule has 168 valence electrons. The number of nitrogens with zero attached hydrogens (tertiary/aromatic N) is 1. The molecule has 0 atom stereocenters. The van der Waals surface area contributed by atoms with Crippen LogP contribution in [0.3, 0.4) is 0 Å². The number of hydrogen-bond donors (Lipinski definition) is 2. The van der Waals surface area contributed by atoms with Crippen molar-refractivity contribution < 1.29 is 22.4 Å². The molecule has 1 aliphatic heterocycles. The molecule has 0 aliphatic carbocycles. The molecule has 1 aliphatic rings. The Hall–Kier alpha value is -2.65. The van der Waals surface area contributed by atoms with E-state index in [0.29, 0.717) is 35.9 Å². The summed E-state index contributed by atoms with van der Waals surface area (Å²) in [6, 6.07) is 6.51. The van der Waals surface area contributed by atoms with Crippen LogP contribution in [0.1, 0.15) is 47.0 Å². The van der Waals surface area contributed by atoms with Gasteiger partial charge in [-0.15, -0.1) is 0 Å². The molecule has 0 radical (unpaired) electrons. The lowest BCUT2D eigenvalue weighted by Gasteiger charge is -2.30. The fourth-order valence-corrected chi connectivity index (χ4v) is 5.31. The summed E-state index contributed by atoms with van der Waals surface area (Å²) < 4.78 is 33.1. The molecule has 0 spiro atoms. The van der Waals surface area contributed by atoms with Crippen molar-refractivity contribution in [3.8, 4) is 0 Å². The van der Waals surface area contributed by atoms with Crippen molar-refractivity contribution in [1.82, 2.24) is 14.9 Å². The molecule has 1 aromatic carbocycles. The average molecular weight is 448 g/mol. The number of benzene rings is 1. The zero-order valence-electron chi connectivity index (χ0n) is 18.1. The first-order valence-electron chi connectivity index (χ1n) is 10.4. The average Bonchev–Trinajstić information content (AvgIpc) is 3.26. The van der Waals surface area contributed by atoms with Gasteiger partial charge in [-0.05, 0) is 68.0 Å². The van der Waals surface area contributed by atoms with E-state index >= 15 is 0 Å². The third-order valence-corrected chi connectivity index (χ3v) is 7.72. The molecule has 1 saturated heterocycles. The normalized spacial score (nSPS) is 15.6. The molecule has 0 bridgehead atoms. The van der Waals surface area contributed by atoms with Crippen molar-refractivity contribution in [3.05, 3.63) is 53.0 Å². The van der Waals surface area contributed by atoms with Crippen LogP contribution in [-0.2, 0) is 21.4 Å². The highest BCUT2D eigenvalue weighted by atomic mass is 32.2. The lowest BCUT2D eigenvalue weighted by atomic mass is 10.0. The predicted molar refractivity (Wildman–Crippen MR) is 116 cm³/mol. The molecule has 2 heterocycles. The van der Waals surface area contributed by atoms with Gasteiger partial charge in [0, 0.05) is 18.7 Å². The second-order valence-corrected chi connectivity index (χ2v) is 9.95. The smallest absolute Gasteiger partial charge is 0.251 e. The van der Waals surface area contributed by atoms with E-state index < -0.39 is 15.9 Å². The summed E-state index contributed by atoms with van der Waals surface area (Å²) in [5, 5.41) is 5.19. The molecule has 2 aromatic rings. The van der Waals surface area contributed by atoms with Crippen LogP contribution in [0, 0.1) is 19.8 Å². The first-order chi connectivity index (χ1) is 14.7. The molecule has 2 N–H and O–H groups in total. The molecule has 9 heteroatoms. The number of rotatable bonds is 7. The maximum absolute atomic E-state index is 13.2. The summed E-state index contributed by atoms with van der Waals surface area (Å²) >= 11 is 0. The van der Waals surface area contributed by atoms with E-state index in [2.05, 4.69) is 17.6 Å². The Bertz CT molecular complexity index is 1040. The van der Waals surface area contributed by atoms with E-state index in [1.54, 1.807) is 32.0 Å². The van der Waals surface area contributed by atoms with Gasteiger partial charge in [-0.25, -0.2) is 8.42 Å². The first-order valence-corrected chi connectivity index (χ1v) is 11.8. The minimum Gasteiger partial charge on any atom is -0.467 e. The molecule has 3 rings (SSSR count). The summed E-state index contributed by atoms with van der Waals surface area (Å²) in [5.41, 5.74) is 1.55. The Morgan fingerprint density at radius 2 is 1.87 bits per heavy atom. The van der Waals surface area contributed by atoms with Gasteiger partial charge in [0.1, 0.15) is 5.76 Å². The van der Waals surface area contributed by atoms with Crippen LogP contribution in [-0.4, -0.2) is 44.2 Å². The second-order valence-electron chi connectivity index (χ2n) is 8.04. The molecule has 1 fully saturated rings. The summed E-state index contributed by atoms with van der Waals surface area (Å²) in [6.45, 7) is 6.61. The van der Waals surface area contributed by atoms with Crippen molar-refractivity contribution >= 4 is 21.8 Å². The highest BCUT2D eigenvalue weighted by Gasteiger charge is 2.30. The van der Waals surface area contributed by atoms with Gasteiger partial charge in [-0.1, -0.05) is 6.92 Å². The minimum absolute atomic E-state index is 0.148. The van der Waals surface area contributed by atoms with E-state index in [1.165, 1.54) is 16.6 Å². The second kappa shape index (κ2) is 9.65. The number of piperidine rings is 1. The first kappa shape index (κ1) is 23.0. The van der Waals surface area contributed by atoms with E-state index in [-0.39, 0.29) is 29.5 Å². The number of amides is 2. The summed E-state index contributed by atoms with van der Waals surface area (Å²) in [6.07, 6.45) is 3.16. The lowest BCUT2D eigenvalue weighted by molar-refractivity contribution is -0.120. The summed E-state index contributed by atoms with van der Waals surface area (Å²) in [7, 11) is -3.70. The maximum atomic E-state index is 13.2. The fourth-order valence-electron chi connectivity index (χ4n) is 3.51. The van der Waals surface area contributed by atoms with Gasteiger partial charge >= 0.3 is 0 Å². The Labute approximate surface area is 183 Å².